The number of fused-ring (bicyclic) bond motifs is 3. The number of nitrogens with zero attached hydrogens (tertiary/aromatic N) is 4. The van der Waals surface area contributed by atoms with E-state index < -0.39 is 23.4 Å². The summed E-state index contributed by atoms with van der Waals surface area (Å²) in [5, 5.41) is 16.0. The standard InChI is InChI=1S/C24H19ClF2N6O/c1-2-32-23-18(6-14(25)10-30-23)17-4-3-13(9-28)5-21(17)33(24(32)34)22-19(26)7-15(8-20(22)27)31-16-11-29-12-16/h3-8,10,16,29,31H,2,11-12H2,1H3. The zero-order valence-electron chi connectivity index (χ0n) is 18.1. The molecule has 1 aromatic heterocycles. The van der Waals surface area contributed by atoms with E-state index in [0.29, 0.717) is 35.1 Å². The van der Waals surface area contributed by atoms with Crippen LogP contribution in [-0.2, 0) is 0 Å². The third-order valence-electron chi connectivity index (χ3n) is 5.88. The van der Waals surface area contributed by atoms with Crippen LogP contribution < -0.4 is 20.4 Å². The van der Waals surface area contributed by atoms with E-state index in [1.807, 2.05) is 6.07 Å². The number of halogens is 3. The Morgan fingerprint density at radius 1 is 1.21 bits per heavy atom. The number of amides is 2. The summed E-state index contributed by atoms with van der Waals surface area (Å²) in [6.07, 6.45) is 1.41. The van der Waals surface area contributed by atoms with Crippen LogP contribution in [0.5, 0.6) is 0 Å². The number of anilines is 4. The number of carbonyl (C=O) groups excluding carboxylic acids is 1. The lowest BCUT2D eigenvalue weighted by Gasteiger charge is -2.30. The van der Waals surface area contributed by atoms with Crippen LogP contribution in [0, 0.1) is 23.0 Å². The first-order valence-corrected chi connectivity index (χ1v) is 11.1. The summed E-state index contributed by atoms with van der Waals surface area (Å²) >= 11 is 6.20. The van der Waals surface area contributed by atoms with Crippen LogP contribution in [0.2, 0.25) is 5.02 Å². The molecule has 0 radical (unpaired) electrons. The van der Waals surface area contributed by atoms with E-state index in [1.165, 1.54) is 29.3 Å². The zero-order chi connectivity index (χ0) is 24.0. The number of urea groups is 1. The molecule has 3 aromatic rings. The van der Waals surface area contributed by atoms with E-state index in [0.717, 1.165) is 4.90 Å². The summed E-state index contributed by atoms with van der Waals surface area (Å²) in [7, 11) is 0. The highest BCUT2D eigenvalue weighted by Crippen LogP contribution is 2.45. The van der Waals surface area contributed by atoms with Crippen molar-refractivity contribution in [2.75, 3.05) is 34.8 Å². The van der Waals surface area contributed by atoms with Gasteiger partial charge in [-0.15, -0.1) is 0 Å². The van der Waals surface area contributed by atoms with Crippen LogP contribution in [-0.4, -0.2) is 36.7 Å². The molecule has 1 fully saturated rings. The van der Waals surface area contributed by atoms with Gasteiger partial charge in [-0.25, -0.2) is 18.6 Å². The van der Waals surface area contributed by atoms with Crippen molar-refractivity contribution in [2.45, 2.75) is 13.0 Å². The highest BCUT2D eigenvalue weighted by molar-refractivity contribution is 6.31. The summed E-state index contributed by atoms with van der Waals surface area (Å²) in [6.45, 7) is 3.31. The van der Waals surface area contributed by atoms with Crippen LogP contribution in [0.15, 0.2) is 42.6 Å². The van der Waals surface area contributed by atoms with Crippen molar-refractivity contribution < 1.29 is 13.6 Å². The molecule has 0 spiro atoms. The lowest BCUT2D eigenvalue weighted by Crippen LogP contribution is -2.51. The van der Waals surface area contributed by atoms with Gasteiger partial charge in [0, 0.05) is 42.6 Å². The molecule has 2 aliphatic heterocycles. The maximum atomic E-state index is 15.5. The van der Waals surface area contributed by atoms with Crippen LogP contribution in [0.25, 0.3) is 11.1 Å². The Morgan fingerprint density at radius 3 is 2.56 bits per heavy atom. The molecular weight excluding hydrogens is 462 g/mol. The van der Waals surface area contributed by atoms with Crippen LogP contribution >= 0.6 is 11.6 Å². The number of hydrogen-bond donors (Lipinski definition) is 2. The average molecular weight is 481 g/mol. The highest BCUT2D eigenvalue weighted by atomic mass is 35.5. The largest absolute Gasteiger partial charge is 0.380 e. The molecule has 34 heavy (non-hydrogen) atoms. The molecule has 2 aromatic carbocycles. The summed E-state index contributed by atoms with van der Waals surface area (Å²) in [6, 6.07) is 10.00. The molecule has 2 aliphatic rings. The molecule has 5 rings (SSSR count). The maximum absolute atomic E-state index is 15.5. The molecule has 10 heteroatoms. The van der Waals surface area contributed by atoms with E-state index in [9.17, 15) is 10.1 Å². The molecule has 2 amide bonds. The number of carbonyl (C=O) groups is 1. The van der Waals surface area contributed by atoms with Gasteiger partial charge >= 0.3 is 6.03 Å². The number of pyridine rings is 1. The summed E-state index contributed by atoms with van der Waals surface area (Å²) in [5.41, 5.74) is 1.12. The Bertz CT molecular complexity index is 1330. The van der Waals surface area contributed by atoms with Gasteiger partial charge in [0.05, 0.1) is 28.4 Å². The number of nitriles is 1. The Kier molecular flexibility index (Phi) is 5.55. The maximum Gasteiger partial charge on any atom is 0.334 e. The molecule has 2 N–H and O–H groups in total. The Labute approximate surface area is 199 Å². The second-order valence-electron chi connectivity index (χ2n) is 8.02. The minimum absolute atomic E-state index is 0.0734. The van der Waals surface area contributed by atoms with Gasteiger partial charge in [-0.05, 0) is 37.3 Å². The second-order valence-corrected chi connectivity index (χ2v) is 8.46. The van der Waals surface area contributed by atoms with Gasteiger partial charge in [0.25, 0.3) is 0 Å². The number of hydrogen-bond acceptors (Lipinski definition) is 5. The Hall–Kier alpha value is -3.74. The molecule has 0 atom stereocenters. The average Bonchev–Trinajstić information content (AvgIpc) is 2.88. The third kappa shape index (κ3) is 3.61. The van der Waals surface area contributed by atoms with Gasteiger partial charge < -0.3 is 10.6 Å². The van der Waals surface area contributed by atoms with E-state index in [1.54, 1.807) is 25.1 Å². The van der Waals surface area contributed by atoms with Crippen molar-refractivity contribution in [3.63, 3.8) is 0 Å². The number of benzene rings is 2. The molecule has 7 nitrogen and oxygen atoms in total. The topological polar surface area (TPSA) is 84.3 Å². The molecule has 0 unspecified atom stereocenters. The lowest BCUT2D eigenvalue weighted by molar-refractivity contribution is 0.253. The highest BCUT2D eigenvalue weighted by Gasteiger charge is 2.36. The Morgan fingerprint density at radius 2 is 1.94 bits per heavy atom. The van der Waals surface area contributed by atoms with E-state index in [-0.39, 0.29) is 29.5 Å². The van der Waals surface area contributed by atoms with Crippen molar-refractivity contribution in [1.82, 2.24) is 10.3 Å². The fourth-order valence-corrected chi connectivity index (χ4v) is 4.32. The summed E-state index contributed by atoms with van der Waals surface area (Å²) < 4.78 is 30.9. The minimum Gasteiger partial charge on any atom is -0.380 e. The quantitative estimate of drug-likeness (QED) is 0.547. The van der Waals surface area contributed by atoms with E-state index in [4.69, 9.17) is 11.6 Å². The van der Waals surface area contributed by atoms with Crippen LogP contribution in [0.1, 0.15) is 12.5 Å². The smallest absolute Gasteiger partial charge is 0.334 e. The van der Waals surface area contributed by atoms with Crippen LogP contribution in [0.3, 0.4) is 0 Å². The molecule has 0 saturated carbocycles. The fourth-order valence-electron chi connectivity index (χ4n) is 4.16. The first kappa shape index (κ1) is 22.1. The molecule has 172 valence electrons. The normalized spacial score (nSPS) is 15.2. The van der Waals surface area contributed by atoms with Gasteiger partial charge in [0.15, 0.2) is 11.6 Å². The van der Waals surface area contributed by atoms with Crippen molar-refractivity contribution in [1.29, 1.82) is 5.26 Å². The van der Waals surface area contributed by atoms with Crippen molar-refractivity contribution in [3.8, 4) is 17.2 Å². The van der Waals surface area contributed by atoms with E-state index in [2.05, 4.69) is 15.6 Å². The molecule has 0 aliphatic carbocycles. The molecule has 1 saturated heterocycles. The predicted octanol–water partition coefficient (Wildman–Crippen LogP) is 5.03. The monoisotopic (exact) mass is 480 g/mol. The van der Waals surface area contributed by atoms with Gasteiger partial charge in [0.1, 0.15) is 11.5 Å². The van der Waals surface area contributed by atoms with Gasteiger partial charge in [0.2, 0.25) is 0 Å². The predicted molar refractivity (Wildman–Crippen MR) is 127 cm³/mol. The van der Waals surface area contributed by atoms with Gasteiger partial charge in [-0.1, -0.05) is 17.7 Å². The summed E-state index contributed by atoms with van der Waals surface area (Å²) in [5.74, 6) is -1.52. The summed E-state index contributed by atoms with van der Waals surface area (Å²) in [4.78, 5) is 20.4. The second kappa shape index (κ2) is 8.56. The Balaban J connectivity index is 1.73. The minimum atomic E-state index is -0.913. The lowest BCUT2D eigenvalue weighted by atomic mass is 10.0. The van der Waals surface area contributed by atoms with Crippen LogP contribution in [0.4, 0.5) is 36.5 Å². The van der Waals surface area contributed by atoms with Gasteiger partial charge in [-0.2, -0.15) is 5.26 Å². The first-order chi connectivity index (χ1) is 16.4. The fraction of sp³-hybridized carbons (Fsp3) is 0.208. The molecule has 3 heterocycles. The first-order valence-electron chi connectivity index (χ1n) is 10.7. The molecule has 0 bridgehead atoms. The van der Waals surface area contributed by atoms with Crippen molar-refractivity contribution in [3.05, 3.63) is 64.8 Å². The number of rotatable bonds is 4. The van der Waals surface area contributed by atoms with Crippen molar-refractivity contribution in [2.24, 2.45) is 0 Å². The van der Waals surface area contributed by atoms with Gasteiger partial charge in [-0.3, -0.25) is 9.80 Å². The van der Waals surface area contributed by atoms with Crippen molar-refractivity contribution >= 4 is 40.5 Å². The van der Waals surface area contributed by atoms with E-state index >= 15 is 8.78 Å². The number of aromatic nitrogens is 1. The molecular formula is C24H19ClF2N6O. The number of nitrogens with one attached hydrogen (secondary N) is 2. The third-order valence-corrected chi connectivity index (χ3v) is 6.08. The SMILES string of the molecule is CCN1C(=O)N(c2c(F)cc(NC3CNC3)cc2F)c2cc(C#N)ccc2-c2cc(Cl)cnc21. The zero-order valence-corrected chi connectivity index (χ0v) is 18.8.